The lowest BCUT2D eigenvalue weighted by atomic mass is 10.0. The predicted octanol–water partition coefficient (Wildman–Crippen LogP) is 2.32. The molecule has 0 aliphatic carbocycles. The Morgan fingerprint density at radius 3 is 2.33 bits per heavy atom. The van der Waals surface area contributed by atoms with Crippen molar-refractivity contribution < 1.29 is 18.7 Å². The van der Waals surface area contributed by atoms with Crippen molar-refractivity contribution in [2.24, 2.45) is 11.8 Å². The van der Waals surface area contributed by atoms with Gasteiger partial charge in [0.2, 0.25) is 0 Å². The van der Waals surface area contributed by atoms with Crippen LogP contribution in [-0.2, 0) is 6.54 Å². The number of carboxylic acid groups (broad SMARTS) is 1. The van der Waals surface area contributed by atoms with Crippen LogP contribution in [0.2, 0.25) is 0 Å². The molecule has 1 amide bonds. The zero-order valence-corrected chi connectivity index (χ0v) is 15.4. The van der Waals surface area contributed by atoms with E-state index in [1.807, 2.05) is 6.07 Å². The molecule has 3 aliphatic rings. The van der Waals surface area contributed by atoms with Gasteiger partial charge in [-0.05, 0) is 42.7 Å². The van der Waals surface area contributed by atoms with Gasteiger partial charge in [0.15, 0.2) is 0 Å². The number of likely N-dealkylation sites (tertiary alicyclic amines) is 2. The van der Waals surface area contributed by atoms with E-state index < -0.39 is 12.5 Å². The third-order valence-electron chi connectivity index (χ3n) is 6.27. The van der Waals surface area contributed by atoms with Gasteiger partial charge in [0.05, 0.1) is 0 Å². The van der Waals surface area contributed by atoms with Gasteiger partial charge in [-0.3, -0.25) is 4.90 Å². The molecule has 0 radical (unpaired) electrons. The van der Waals surface area contributed by atoms with Gasteiger partial charge >= 0.3 is 0 Å². The summed E-state index contributed by atoms with van der Waals surface area (Å²) in [6, 6.07) is 5.06. The van der Waals surface area contributed by atoms with Gasteiger partial charge in [0, 0.05) is 57.1 Å². The Balaban J connectivity index is 1.48. The molecule has 3 fully saturated rings. The number of alkyl halides is 2. The van der Waals surface area contributed by atoms with Crippen LogP contribution in [0.5, 0.6) is 0 Å². The quantitative estimate of drug-likeness (QED) is 0.807. The van der Waals surface area contributed by atoms with E-state index in [1.165, 1.54) is 11.3 Å². The van der Waals surface area contributed by atoms with Crippen LogP contribution in [0.1, 0.15) is 36.8 Å². The first-order valence-corrected chi connectivity index (χ1v) is 9.85. The molecule has 3 saturated heterocycles. The monoisotopic (exact) mass is 378 g/mol. The SMILES string of the molecule is O=C([O-])N1CC2CN(Cc3ccc(C(F)F)cc3N3CCCCC3)CC2C1. The smallest absolute Gasteiger partial charge is 0.263 e. The van der Waals surface area contributed by atoms with Crippen LogP contribution in [-0.4, -0.2) is 55.2 Å². The lowest BCUT2D eigenvalue weighted by molar-refractivity contribution is -0.264. The molecular weight excluding hydrogens is 352 g/mol. The van der Waals surface area contributed by atoms with Gasteiger partial charge in [-0.1, -0.05) is 12.1 Å². The van der Waals surface area contributed by atoms with E-state index in [4.69, 9.17) is 0 Å². The van der Waals surface area contributed by atoms with Crippen molar-refractivity contribution in [3.63, 3.8) is 0 Å². The third-order valence-corrected chi connectivity index (χ3v) is 6.27. The highest BCUT2D eigenvalue weighted by Gasteiger charge is 2.40. The summed E-state index contributed by atoms with van der Waals surface area (Å²) < 4.78 is 26.4. The van der Waals surface area contributed by atoms with Crippen molar-refractivity contribution in [1.29, 1.82) is 0 Å². The number of carbonyl (C=O) groups excluding carboxylic acids is 1. The summed E-state index contributed by atoms with van der Waals surface area (Å²) in [5.74, 6) is 0.698. The minimum Gasteiger partial charge on any atom is -0.530 e. The average molecular weight is 378 g/mol. The number of anilines is 1. The fourth-order valence-electron chi connectivity index (χ4n) is 4.89. The zero-order valence-electron chi connectivity index (χ0n) is 15.4. The Hall–Kier alpha value is -1.89. The lowest BCUT2D eigenvalue weighted by Gasteiger charge is -2.32. The van der Waals surface area contributed by atoms with Crippen LogP contribution < -0.4 is 10.0 Å². The van der Waals surface area contributed by atoms with Crippen LogP contribution in [0.15, 0.2) is 18.2 Å². The standard InChI is InChI=1S/C20H27F2N3O2/c21-19(22)14-4-5-15(18(8-14)24-6-2-1-3-7-24)9-23-10-16-12-25(20(26)27)13-17(16)11-23/h4-5,8,16-17,19H,1-3,6-7,9-13H2,(H,26,27)/p-1. The highest BCUT2D eigenvalue weighted by Crippen LogP contribution is 2.35. The maximum absolute atomic E-state index is 13.2. The van der Waals surface area contributed by atoms with Gasteiger partial charge in [-0.2, -0.15) is 0 Å². The number of hydrogen-bond donors (Lipinski definition) is 0. The molecule has 2 unspecified atom stereocenters. The second kappa shape index (κ2) is 7.62. The number of carbonyl (C=O) groups is 1. The Kier molecular flexibility index (Phi) is 5.21. The van der Waals surface area contributed by atoms with Crippen LogP contribution in [0.4, 0.5) is 19.3 Å². The number of rotatable bonds is 4. The highest BCUT2D eigenvalue weighted by atomic mass is 19.3. The molecule has 0 bridgehead atoms. The highest BCUT2D eigenvalue weighted by molar-refractivity contribution is 5.63. The number of nitrogens with zero attached hydrogens (tertiary/aromatic N) is 3. The molecule has 7 heteroatoms. The summed E-state index contributed by atoms with van der Waals surface area (Å²) in [6.45, 7) is 5.37. The predicted molar refractivity (Wildman–Crippen MR) is 96.7 cm³/mol. The summed E-state index contributed by atoms with van der Waals surface area (Å²) in [4.78, 5) is 17.0. The molecule has 27 heavy (non-hydrogen) atoms. The van der Waals surface area contributed by atoms with E-state index in [1.54, 1.807) is 12.1 Å². The summed E-state index contributed by atoms with van der Waals surface area (Å²) in [5.41, 5.74) is 2.13. The van der Waals surface area contributed by atoms with E-state index in [0.717, 1.165) is 56.8 Å². The number of benzene rings is 1. The molecule has 148 valence electrons. The second-order valence-corrected chi connectivity index (χ2v) is 8.12. The summed E-state index contributed by atoms with van der Waals surface area (Å²) in [7, 11) is 0. The Bertz CT molecular complexity index is 680. The van der Waals surface area contributed by atoms with Crippen molar-refractivity contribution in [2.45, 2.75) is 32.2 Å². The van der Waals surface area contributed by atoms with E-state index in [9.17, 15) is 18.7 Å². The Morgan fingerprint density at radius 1 is 1.07 bits per heavy atom. The summed E-state index contributed by atoms with van der Waals surface area (Å²) in [6.07, 6.45) is -0.128. The molecule has 5 nitrogen and oxygen atoms in total. The Labute approximate surface area is 158 Å². The van der Waals surface area contributed by atoms with E-state index >= 15 is 0 Å². The number of halogens is 2. The number of fused-ring (bicyclic) bond motifs is 1. The third kappa shape index (κ3) is 3.88. The summed E-state index contributed by atoms with van der Waals surface area (Å²) >= 11 is 0. The first kappa shape index (κ1) is 18.5. The van der Waals surface area contributed by atoms with Crippen LogP contribution in [0, 0.1) is 11.8 Å². The molecule has 2 atom stereocenters. The van der Waals surface area contributed by atoms with Crippen LogP contribution in [0.25, 0.3) is 0 Å². The lowest BCUT2D eigenvalue weighted by Crippen LogP contribution is -2.41. The molecule has 0 saturated carbocycles. The average Bonchev–Trinajstić information content (AvgIpc) is 3.21. The molecule has 0 N–H and O–H groups in total. The van der Waals surface area contributed by atoms with Crippen molar-refractivity contribution in [1.82, 2.24) is 9.80 Å². The molecular formula is C20H26F2N3O2-. The van der Waals surface area contributed by atoms with Crippen molar-refractivity contribution in [3.05, 3.63) is 29.3 Å². The molecule has 0 spiro atoms. The topological polar surface area (TPSA) is 49.9 Å². The van der Waals surface area contributed by atoms with Crippen LogP contribution >= 0.6 is 0 Å². The second-order valence-electron chi connectivity index (χ2n) is 8.12. The van der Waals surface area contributed by atoms with Gasteiger partial charge in [-0.15, -0.1) is 0 Å². The van der Waals surface area contributed by atoms with E-state index in [2.05, 4.69) is 9.80 Å². The molecule has 1 aromatic carbocycles. The van der Waals surface area contributed by atoms with Gasteiger partial charge in [-0.25, -0.2) is 8.78 Å². The van der Waals surface area contributed by atoms with E-state index in [-0.39, 0.29) is 5.56 Å². The normalized spacial score (nSPS) is 26.0. The maximum Gasteiger partial charge on any atom is 0.263 e. The van der Waals surface area contributed by atoms with Crippen LogP contribution in [0.3, 0.4) is 0 Å². The molecule has 3 heterocycles. The van der Waals surface area contributed by atoms with Gasteiger partial charge in [0.1, 0.15) is 6.09 Å². The number of amides is 1. The zero-order chi connectivity index (χ0) is 19.0. The van der Waals surface area contributed by atoms with Gasteiger partial charge in [0.25, 0.3) is 6.43 Å². The summed E-state index contributed by atoms with van der Waals surface area (Å²) in [5, 5.41) is 11.0. The molecule has 0 aromatic heterocycles. The molecule has 4 rings (SSSR count). The van der Waals surface area contributed by atoms with E-state index in [0.29, 0.717) is 24.9 Å². The maximum atomic E-state index is 13.2. The largest absolute Gasteiger partial charge is 0.530 e. The first-order chi connectivity index (χ1) is 13.0. The number of piperidine rings is 1. The van der Waals surface area contributed by atoms with Crippen molar-refractivity contribution in [2.75, 3.05) is 44.2 Å². The van der Waals surface area contributed by atoms with Crippen molar-refractivity contribution >= 4 is 11.8 Å². The molecule has 3 aliphatic heterocycles. The number of hydrogen-bond acceptors (Lipinski definition) is 4. The minimum absolute atomic E-state index is 0.0854. The Morgan fingerprint density at radius 2 is 1.74 bits per heavy atom. The van der Waals surface area contributed by atoms with Crippen molar-refractivity contribution in [3.8, 4) is 0 Å². The first-order valence-electron chi connectivity index (χ1n) is 9.85. The van der Waals surface area contributed by atoms with Gasteiger partial charge < -0.3 is 19.7 Å². The fraction of sp³-hybridized carbons (Fsp3) is 0.650. The fourth-order valence-corrected chi connectivity index (χ4v) is 4.89. The molecule has 1 aromatic rings. The minimum atomic E-state index is -2.45.